The minimum absolute atomic E-state index is 0.0465. The molecule has 118 valence electrons. The van der Waals surface area contributed by atoms with Gasteiger partial charge in [0.15, 0.2) is 0 Å². The normalized spacial score (nSPS) is 42.4. The van der Waals surface area contributed by atoms with Crippen LogP contribution in [-0.2, 0) is 0 Å². The predicted octanol–water partition coefficient (Wildman–Crippen LogP) is 4.47. The molecule has 0 aromatic heterocycles. The zero-order valence-electron chi connectivity index (χ0n) is 14.0. The largest absolute Gasteiger partial charge is 0.347 e. The number of aryl methyl sites for hydroxylation is 1. The molecule has 4 aliphatic carbocycles. The molecule has 0 heterocycles. The van der Waals surface area contributed by atoms with Gasteiger partial charge in [-0.3, -0.25) is 4.79 Å². The molecule has 1 amide bonds. The summed E-state index contributed by atoms with van der Waals surface area (Å²) in [5, 5.41) is 3.47. The number of carbonyl (C=O) groups excluding carboxylic acids is 1. The Morgan fingerprint density at radius 3 is 2.14 bits per heavy atom. The van der Waals surface area contributed by atoms with Crippen molar-refractivity contribution in [2.75, 3.05) is 0 Å². The predicted molar refractivity (Wildman–Crippen MR) is 88.8 cm³/mol. The van der Waals surface area contributed by atoms with E-state index < -0.39 is 0 Å². The summed E-state index contributed by atoms with van der Waals surface area (Å²) < 4.78 is 0. The van der Waals surface area contributed by atoms with E-state index >= 15 is 0 Å². The van der Waals surface area contributed by atoms with Crippen LogP contribution >= 0.6 is 0 Å². The molecule has 22 heavy (non-hydrogen) atoms. The highest BCUT2D eigenvalue weighted by atomic mass is 16.1. The van der Waals surface area contributed by atoms with Crippen molar-refractivity contribution in [3.8, 4) is 0 Å². The molecule has 2 atom stereocenters. The average molecular weight is 297 g/mol. The molecule has 0 saturated heterocycles. The molecule has 2 heteroatoms. The van der Waals surface area contributed by atoms with E-state index in [2.05, 4.69) is 26.1 Å². The second-order valence-corrected chi connectivity index (χ2v) is 9.23. The molecular formula is C20H27NO. The number of nitrogens with one attached hydrogen (secondary N) is 1. The first-order valence-electron chi connectivity index (χ1n) is 8.68. The highest BCUT2D eigenvalue weighted by Gasteiger charge is 2.60. The number of carbonyl (C=O) groups is 1. The molecule has 0 spiro atoms. The maximum Gasteiger partial charge on any atom is 0.251 e. The minimum Gasteiger partial charge on any atom is -0.347 e. The molecule has 0 unspecified atom stereocenters. The van der Waals surface area contributed by atoms with Crippen molar-refractivity contribution in [1.29, 1.82) is 0 Å². The molecule has 4 bridgehead atoms. The summed E-state index contributed by atoms with van der Waals surface area (Å²) in [7, 11) is 0. The van der Waals surface area contributed by atoms with Gasteiger partial charge in [-0.1, -0.05) is 31.5 Å². The Bertz CT molecular complexity index is 599. The topological polar surface area (TPSA) is 29.1 Å². The lowest BCUT2D eigenvalue weighted by molar-refractivity contribution is -0.114. The van der Waals surface area contributed by atoms with Crippen molar-refractivity contribution in [3.05, 3.63) is 35.4 Å². The first kappa shape index (κ1) is 14.3. The fourth-order valence-corrected chi connectivity index (χ4v) is 6.61. The van der Waals surface area contributed by atoms with Crippen LogP contribution in [0.25, 0.3) is 0 Å². The lowest BCUT2D eigenvalue weighted by Crippen LogP contribution is -2.65. The van der Waals surface area contributed by atoms with Gasteiger partial charge in [-0.05, 0) is 74.3 Å². The van der Waals surface area contributed by atoms with E-state index in [-0.39, 0.29) is 11.4 Å². The second kappa shape index (κ2) is 4.37. The SMILES string of the molecule is Cc1ccc(C(=O)NC23CC4C[C@](C)(C2)C[C@](C)(C4)C3)cc1. The van der Waals surface area contributed by atoms with E-state index in [1.807, 2.05) is 24.3 Å². The van der Waals surface area contributed by atoms with Crippen LogP contribution in [0.1, 0.15) is 68.3 Å². The Labute approximate surface area is 133 Å². The Morgan fingerprint density at radius 1 is 1.00 bits per heavy atom. The molecule has 0 aliphatic heterocycles. The van der Waals surface area contributed by atoms with Gasteiger partial charge in [0.25, 0.3) is 5.91 Å². The van der Waals surface area contributed by atoms with Crippen molar-refractivity contribution in [2.24, 2.45) is 16.7 Å². The van der Waals surface area contributed by atoms with Gasteiger partial charge in [0.2, 0.25) is 0 Å². The van der Waals surface area contributed by atoms with Gasteiger partial charge in [-0.25, -0.2) is 0 Å². The van der Waals surface area contributed by atoms with Crippen molar-refractivity contribution in [1.82, 2.24) is 5.32 Å². The van der Waals surface area contributed by atoms with Crippen molar-refractivity contribution in [3.63, 3.8) is 0 Å². The molecule has 2 nitrogen and oxygen atoms in total. The van der Waals surface area contributed by atoms with Crippen molar-refractivity contribution in [2.45, 2.75) is 64.8 Å². The molecule has 1 N–H and O–H groups in total. The monoisotopic (exact) mass is 297 g/mol. The molecule has 4 aliphatic rings. The summed E-state index contributed by atoms with van der Waals surface area (Å²) in [4.78, 5) is 12.7. The third-order valence-corrected chi connectivity index (χ3v) is 6.32. The zero-order chi connectivity index (χ0) is 15.6. The van der Waals surface area contributed by atoms with E-state index in [1.54, 1.807) is 0 Å². The molecule has 4 fully saturated rings. The molecule has 0 radical (unpaired) electrons. The first-order chi connectivity index (χ1) is 10.3. The van der Waals surface area contributed by atoms with E-state index in [4.69, 9.17) is 0 Å². The third-order valence-electron chi connectivity index (χ3n) is 6.32. The van der Waals surface area contributed by atoms with Gasteiger partial charge in [-0.2, -0.15) is 0 Å². The smallest absolute Gasteiger partial charge is 0.251 e. The molecule has 4 saturated carbocycles. The highest BCUT2D eigenvalue weighted by molar-refractivity contribution is 5.94. The quantitative estimate of drug-likeness (QED) is 0.857. The third kappa shape index (κ3) is 2.28. The van der Waals surface area contributed by atoms with Crippen LogP contribution in [0, 0.1) is 23.7 Å². The Kier molecular flexibility index (Phi) is 2.84. The van der Waals surface area contributed by atoms with Crippen LogP contribution in [0.15, 0.2) is 24.3 Å². The van der Waals surface area contributed by atoms with E-state index in [1.165, 1.54) is 44.1 Å². The Hall–Kier alpha value is -1.31. The Balaban J connectivity index is 1.60. The molecule has 1 aromatic carbocycles. The maximum absolute atomic E-state index is 12.7. The van der Waals surface area contributed by atoms with Gasteiger partial charge in [0.05, 0.1) is 0 Å². The van der Waals surface area contributed by atoms with Gasteiger partial charge >= 0.3 is 0 Å². The lowest BCUT2D eigenvalue weighted by atomic mass is 9.43. The van der Waals surface area contributed by atoms with Crippen molar-refractivity contribution < 1.29 is 4.79 Å². The molecule has 1 aromatic rings. The zero-order valence-corrected chi connectivity index (χ0v) is 14.0. The van der Waals surface area contributed by atoms with Crippen LogP contribution in [0.5, 0.6) is 0 Å². The van der Waals surface area contributed by atoms with Crippen LogP contribution in [0.3, 0.4) is 0 Å². The number of hydrogen-bond donors (Lipinski definition) is 1. The molecular weight excluding hydrogens is 270 g/mol. The van der Waals surface area contributed by atoms with Crippen LogP contribution in [0.4, 0.5) is 0 Å². The summed E-state index contributed by atoms with van der Waals surface area (Å²) in [5.41, 5.74) is 2.93. The summed E-state index contributed by atoms with van der Waals surface area (Å²) in [6.07, 6.45) is 7.61. The lowest BCUT2D eigenvalue weighted by Gasteiger charge is -2.65. The highest BCUT2D eigenvalue weighted by Crippen LogP contribution is 2.66. The summed E-state index contributed by atoms with van der Waals surface area (Å²) in [6, 6.07) is 7.96. The van der Waals surface area contributed by atoms with Crippen molar-refractivity contribution >= 4 is 5.91 Å². The summed E-state index contributed by atoms with van der Waals surface area (Å²) >= 11 is 0. The van der Waals surface area contributed by atoms with Crippen LogP contribution < -0.4 is 5.32 Å². The number of benzene rings is 1. The molecule has 5 rings (SSSR count). The van der Waals surface area contributed by atoms with Gasteiger partial charge in [0.1, 0.15) is 0 Å². The second-order valence-electron chi connectivity index (χ2n) is 9.23. The van der Waals surface area contributed by atoms with Gasteiger partial charge in [-0.15, -0.1) is 0 Å². The van der Waals surface area contributed by atoms with E-state index in [0.29, 0.717) is 10.8 Å². The van der Waals surface area contributed by atoms with Crippen LogP contribution in [0.2, 0.25) is 0 Å². The van der Waals surface area contributed by atoms with Gasteiger partial charge < -0.3 is 5.32 Å². The fourth-order valence-electron chi connectivity index (χ4n) is 6.61. The average Bonchev–Trinajstić information content (AvgIpc) is 2.34. The summed E-state index contributed by atoms with van der Waals surface area (Å²) in [5.74, 6) is 0.929. The number of rotatable bonds is 2. The van der Waals surface area contributed by atoms with E-state index in [0.717, 1.165) is 11.5 Å². The minimum atomic E-state index is 0.0465. The van der Waals surface area contributed by atoms with Crippen LogP contribution in [-0.4, -0.2) is 11.4 Å². The standard InChI is InChI=1S/C20H27NO/c1-14-4-6-16(7-5-14)17(22)21-20-10-15-8-18(2,12-20)11-19(3,9-15)13-20/h4-7,15H,8-13H2,1-3H3,(H,21,22)/t15?,18-,19-,20?/m0/s1. The number of amides is 1. The maximum atomic E-state index is 12.7. The number of hydrogen-bond acceptors (Lipinski definition) is 1. The summed E-state index contributed by atoms with van der Waals surface area (Å²) in [6.45, 7) is 6.95. The first-order valence-corrected chi connectivity index (χ1v) is 8.68. The Morgan fingerprint density at radius 2 is 1.59 bits per heavy atom. The fraction of sp³-hybridized carbons (Fsp3) is 0.650. The van der Waals surface area contributed by atoms with E-state index in [9.17, 15) is 4.79 Å². The van der Waals surface area contributed by atoms with Gasteiger partial charge in [0, 0.05) is 11.1 Å².